The van der Waals surface area contributed by atoms with Gasteiger partial charge < -0.3 is 0 Å². The van der Waals surface area contributed by atoms with Crippen molar-refractivity contribution < 1.29 is 5.11 Å². The average molecular weight is 163 g/mol. The van der Waals surface area contributed by atoms with Crippen molar-refractivity contribution in [1.82, 2.24) is 0 Å². The Bertz CT molecular complexity index is 282. The standard InChI is InChI=1S/C11H15O/c1-8-6-5-7-9(10(8)12)11(2,3)4/h5-7H,1-4H3. The van der Waals surface area contributed by atoms with Gasteiger partial charge in [0, 0.05) is 5.56 Å². The molecule has 0 aliphatic heterocycles. The monoisotopic (exact) mass is 163 g/mol. The lowest BCUT2D eigenvalue weighted by molar-refractivity contribution is 0.337. The van der Waals surface area contributed by atoms with Gasteiger partial charge in [-0.2, -0.15) is 0 Å². The van der Waals surface area contributed by atoms with E-state index in [4.69, 9.17) is 0 Å². The summed E-state index contributed by atoms with van der Waals surface area (Å²) in [5.74, 6) is 0.185. The highest BCUT2D eigenvalue weighted by molar-refractivity contribution is 5.42. The largest absolute Gasteiger partial charge is 0.289 e. The van der Waals surface area contributed by atoms with Crippen LogP contribution in [-0.2, 0) is 10.5 Å². The quantitative estimate of drug-likeness (QED) is 0.558. The zero-order valence-corrected chi connectivity index (χ0v) is 8.14. The summed E-state index contributed by atoms with van der Waals surface area (Å²) in [5, 5.41) is 11.6. The number of para-hydroxylation sites is 1. The topological polar surface area (TPSA) is 19.9 Å². The first-order valence-electron chi connectivity index (χ1n) is 4.20. The van der Waals surface area contributed by atoms with E-state index in [1.165, 1.54) is 0 Å². The van der Waals surface area contributed by atoms with Crippen molar-refractivity contribution in [2.75, 3.05) is 0 Å². The number of rotatable bonds is 0. The van der Waals surface area contributed by atoms with Gasteiger partial charge >= 0.3 is 0 Å². The first-order valence-corrected chi connectivity index (χ1v) is 4.20. The molecule has 0 aliphatic rings. The van der Waals surface area contributed by atoms with Gasteiger partial charge in [-0.1, -0.05) is 39.0 Å². The minimum Gasteiger partial charge on any atom is -0.289 e. The Labute approximate surface area is 74.1 Å². The minimum atomic E-state index is -0.0386. The molecule has 1 radical (unpaired) electrons. The van der Waals surface area contributed by atoms with Crippen molar-refractivity contribution >= 4 is 0 Å². The van der Waals surface area contributed by atoms with Crippen LogP contribution in [0, 0.1) is 6.92 Å². The van der Waals surface area contributed by atoms with E-state index in [2.05, 4.69) is 20.8 Å². The summed E-state index contributed by atoms with van der Waals surface area (Å²) in [6, 6.07) is 5.71. The highest BCUT2D eigenvalue weighted by atomic mass is 16.3. The summed E-state index contributed by atoms with van der Waals surface area (Å²) < 4.78 is 0. The molecule has 0 atom stereocenters. The van der Waals surface area contributed by atoms with Crippen LogP contribution in [0.1, 0.15) is 31.9 Å². The van der Waals surface area contributed by atoms with Crippen molar-refractivity contribution in [3.8, 4) is 5.75 Å². The molecule has 0 spiro atoms. The smallest absolute Gasteiger partial charge is 0.185 e. The highest BCUT2D eigenvalue weighted by Gasteiger charge is 2.19. The van der Waals surface area contributed by atoms with Gasteiger partial charge in [-0.3, -0.25) is 5.11 Å². The maximum Gasteiger partial charge on any atom is 0.185 e. The van der Waals surface area contributed by atoms with Crippen LogP contribution >= 0.6 is 0 Å². The van der Waals surface area contributed by atoms with Gasteiger partial charge in [0.1, 0.15) is 0 Å². The predicted molar refractivity (Wildman–Crippen MR) is 50.0 cm³/mol. The normalized spacial score (nSPS) is 11.7. The fourth-order valence-corrected chi connectivity index (χ4v) is 1.24. The number of aryl methyl sites for hydroxylation is 1. The fraction of sp³-hybridized carbons (Fsp3) is 0.455. The molecule has 0 saturated heterocycles. The molecule has 0 fully saturated rings. The van der Waals surface area contributed by atoms with E-state index in [-0.39, 0.29) is 11.2 Å². The number of hydrogen-bond donors (Lipinski definition) is 0. The maximum atomic E-state index is 11.6. The van der Waals surface area contributed by atoms with Crippen molar-refractivity contribution in [3.05, 3.63) is 29.3 Å². The molecule has 1 aromatic rings. The molecular formula is C11H15O. The van der Waals surface area contributed by atoms with Gasteiger partial charge in [-0.05, 0) is 17.9 Å². The van der Waals surface area contributed by atoms with Crippen LogP contribution in [0.5, 0.6) is 5.75 Å². The van der Waals surface area contributed by atoms with E-state index in [0.717, 1.165) is 11.1 Å². The van der Waals surface area contributed by atoms with E-state index < -0.39 is 0 Å². The Balaban J connectivity index is 3.26. The second-order valence-corrected chi connectivity index (χ2v) is 4.20. The van der Waals surface area contributed by atoms with Crippen molar-refractivity contribution in [3.63, 3.8) is 0 Å². The zero-order chi connectivity index (χ0) is 9.35. The van der Waals surface area contributed by atoms with Gasteiger partial charge in [0.15, 0.2) is 5.75 Å². The van der Waals surface area contributed by atoms with Gasteiger partial charge in [0.25, 0.3) is 0 Å². The molecule has 0 unspecified atom stereocenters. The zero-order valence-electron chi connectivity index (χ0n) is 8.14. The molecule has 0 heterocycles. The molecule has 1 aromatic carbocycles. The third-order valence-electron chi connectivity index (χ3n) is 2.02. The summed E-state index contributed by atoms with van der Waals surface area (Å²) in [7, 11) is 0. The van der Waals surface area contributed by atoms with E-state index in [1.807, 2.05) is 25.1 Å². The summed E-state index contributed by atoms with van der Waals surface area (Å²) in [6.45, 7) is 8.03. The second kappa shape index (κ2) is 2.81. The molecular weight excluding hydrogens is 148 g/mol. The third kappa shape index (κ3) is 1.60. The van der Waals surface area contributed by atoms with Crippen LogP contribution in [0.2, 0.25) is 0 Å². The Morgan fingerprint density at radius 1 is 1.17 bits per heavy atom. The van der Waals surface area contributed by atoms with Crippen molar-refractivity contribution in [2.24, 2.45) is 0 Å². The molecule has 0 N–H and O–H groups in total. The molecule has 0 saturated carbocycles. The second-order valence-electron chi connectivity index (χ2n) is 4.20. The molecule has 65 valence electrons. The molecule has 1 rings (SSSR count). The van der Waals surface area contributed by atoms with Crippen molar-refractivity contribution in [2.45, 2.75) is 33.1 Å². The summed E-state index contributed by atoms with van der Waals surface area (Å²) in [5.41, 5.74) is 1.70. The number of hydrogen-bond acceptors (Lipinski definition) is 0. The molecule has 12 heavy (non-hydrogen) atoms. The number of benzene rings is 1. The van der Waals surface area contributed by atoms with Crippen LogP contribution < -0.4 is 0 Å². The Morgan fingerprint density at radius 3 is 2.17 bits per heavy atom. The lowest BCUT2D eigenvalue weighted by Gasteiger charge is -2.19. The first-order chi connectivity index (χ1) is 5.43. The Morgan fingerprint density at radius 2 is 1.75 bits per heavy atom. The van der Waals surface area contributed by atoms with Crippen molar-refractivity contribution in [1.29, 1.82) is 0 Å². The van der Waals surface area contributed by atoms with Crippen LogP contribution in [0.25, 0.3) is 0 Å². The molecule has 1 nitrogen and oxygen atoms in total. The SMILES string of the molecule is Cc1cccc(C(C)(C)C)c1[O]. The lowest BCUT2D eigenvalue weighted by Crippen LogP contribution is -2.11. The Hall–Kier alpha value is -0.980. The van der Waals surface area contributed by atoms with Gasteiger partial charge in [0.2, 0.25) is 0 Å². The first kappa shape index (κ1) is 9.11. The average Bonchev–Trinajstić information content (AvgIpc) is 1.92. The van der Waals surface area contributed by atoms with E-state index in [0.29, 0.717) is 0 Å². The molecule has 0 bridgehead atoms. The minimum absolute atomic E-state index is 0.0386. The maximum absolute atomic E-state index is 11.6. The lowest BCUT2D eigenvalue weighted by atomic mass is 9.85. The van der Waals surface area contributed by atoms with E-state index in [9.17, 15) is 5.11 Å². The van der Waals surface area contributed by atoms with E-state index >= 15 is 0 Å². The van der Waals surface area contributed by atoms with Gasteiger partial charge in [0.05, 0.1) is 0 Å². The highest BCUT2D eigenvalue weighted by Crippen LogP contribution is 2.32. The van der Waals surface area contributed by atoms with E-state index in [1.54, 1.807) is 0 Å². The van der Waals surface area contributed by atoms with Crippen LogP contribution in [-0.4, -0.2) is 0 Å². The molecule has 1 heteroatoms. The van der Waals surface area contributed by atoms with Crippen LogP contribution in [0.4, 0.5) is 0 Å². The van der Waals surface area contributed by atoms with Crippen LogP contribution in [0.3, 0.4) is 0 Å². The summed E-state index contributed by atoms with van der Waals surface area (Å²) in [6.07, 6.45) is 0. The van der Waals surface area contributed by atoms with Crippen LogP contribution in [0.15, 0.2) is 18.2 Å². The molecule has 0 aromatic heterocycles. The fourth-order valence-electron chi connectivity index (χ4n) is 1.24. The van der Waals surface area contributed by atoms with Gasteiger partial charge in [-0.25, -0.2) is 0 Å². The summed E-state index contributed by atoms with van der Waals surface area (Å²) >= 11 is 0. The van der Waals surface area contributed by atoms with Gasteiger partial charge in [-0.15, -0.1) is 0 Å². The predicted octanol–water partition coefficient (Wildman–Crippen LogP) is 3.44. The molecule has 0 amide bonds. The molecule has 0 aliphatic carbocycles. The third-order valence-corrected chi connectivity index (χ3v) is 2.02. The Kier molecular flexibility index (Phi) is 2.14. The summed E-state index contributed by atoms with van der Waals surface area (Å²) in [4.78, 5) is 0.